The third-order valence-electron chi connectivity index (χ3n) is 3.78. The Morgan fingerprint density at radius 2 is 1.70 bits per heavy atom. The average Bonchev–Trinajstić information content (AvgIpc) is 2.64. The van der Waals surface area contributed by atoms with Crippen LogP contribution in [0.3, 0.4) is 0 Å². The molecule has 0 unspecified atom stereocenters. The second kappa shape index (κ2) is 9.38. The van der Waals surface area contributed by atoms with Crippen molar-refractivity contribution in [2.24, 2.45) is 0 Å². The summed E-state index contributed by atoms with van der Waals surface area (Å²) in [6.45, 7) is 1.82. The molecule has 7 nitrogen and oxygen atoms in total. The number of rotatable bonds is 9. The zero-order chi connectivity index (χ0) is 19.9. The highest BCUT2D eigenvalue weighted by Crippen LogP contribution is 2.37. The fraction of sp³-hybridized carbons (Fsp3) is 0.412. The molecule has 0 aliphatic carbocycles. The quantitative estimate of drug-likeness (QED) is 0.686. The lowest BCUT2D eigenvalue weighted by Crippen LogP contribution is -2.32. The molecule has 0 radical (unpaired) electrons. The molecular weight excluding hydrogens is 363 g/mol. The van der Waals surface area contributed by atoms with Crippen molar-refractivity contribution in [2.75, 3.05) is 56.5 Å². The van der Waals surface area contributed by atoms with E-state index in [2.05, 4.69) is 15.3 Å². The van der Waals surface area contributed by atoms with Crippen molar-refractivity contribution < 1.29 is 22.6 Å². The van der Waals surface area contributed by atoms with E-state index in [0.29, 0.717) is 32.1 Å². The average molecular weight is 385 g/mol. The van der Waals surface area contributed by atoms with Gasteiger partial charge in [0.05, 0.1) is 24.5 Å². The van der Waals surface area contributed by atoms with Crippen molar-refractivity contribution in [3.8, 4) is 0 Å². The van der Waals surface area contributed by atoms with Crippen LogP contribution in [-0.2, 0) is 15.7 Å². The summed E-state index contributed by atoms with van der Waals surface area (Å²) in [6.07, 6.45) is -3.26. The van der Waals surface area contributed by atoms with E-state index in [9.17, 15) is 13.2 Å². The van der Waals surface area contributed by atoms with Gasteiger partial charge < -0.3 is 25.4 Å². The maximum Gasteiger partial charge on any atom is 0.418 e. The van der Waals surface area contributed by atoms with Crippen LogP contribution in [0.5, 0.6) is 0 Å². The van der Waals surface area contributed by atoms with Crippen molar-refractivity contribution in [3.05, 3.63) is 36.2 Å². The maximum atomic E-state index is 13.2. The first-order chi connectivity index (χ1) is 12.9. The second-order valence-corrected chi connectivity index (χ2v) is 5.60. The predicted molar refractivity (Wildman–Crippen MR) is 97.1 cm³/mol. The van der Waals surface area contributed by atoms with Gasteiger partial charge in [0.2, 0.25) is 0 Å². The molecule has 1 aromatic carbocycles. The van der Waals surface area contributed by atoms with E-state index in [0.717, 1.165) is 6.07 Å². The minimum Gasteiger partial charge on any atom is -0.393 e. The van der Waals surface area contributed by atoms with Gasteiger partial charge in [-0.25, -0.2) is 9.97 Å². The van der Waals surface area contributed by atoms with Crippen molar-refractivity contribution in [1.29, 1.82) is 0 Å². The number of nitrogens with zero attached hydrogens (tertiary/aromatic N) is 3. The number of ether oxygens (including phenoxy) is 2. The van der Waals surface area contributed by atoms with Crippen LogP contribution in [-0.4, -0.2) is 50.5 Å². The van der Waals surface area contributed by atoms with Gasteiger partial charge in [0, 0.05) is 27.3 Å². The standard InChI is InChI=1S/C17H22F3N5O2/c1-26-9-7-25(8-10-27-2)16-14(21)15(22-11-23-16)24-13-6-4-3-5-12(13)17(18,19)20/h3-6,11H,7-10,21H2,1-2H3,(H,22,23,24). The Labute approximate surface area is 155 Å². The molecule has 2 rings (SSSR count). The molecule has 0 saturated heterocycles. The lowest BCUT2D eigenvalue weighted by molar-refractivity contribution is -0.136. The molecule has 0 bridgehead atoms. The Kier molecular flexibility index (Phi) is 7.19. The first-order valence-electron chi connectivity index (χ1n) is 8.15. The summed E-state index contributed by atoms with van der Waals surface area (Å²) >= 11 is 0. The third kappa shape index (κ3) is 5.44. The number of benzene rings is 1. The van der Waals surface area contributed by atoms with Gasteiger partial charge in [0.25, 0.3) is 0 Å². The molecule has 27 heavy (non-hydrogen) atoms. The minimum absolute atomic E-state index is 0.0940. The number of nitrogens with one attached hydrogen (secondary N) is 1. The van der Waals surface area contributed by atoms with Crippen molar-refractivity contribution in [3.63, 3.8) is 0 Å². The Hall–Kier alpha value is -2.59. The number of hydrogen-bond acceptors (Lipinski definition) is 7. The molecule has 148 valence electrons. The zero-order valence-electron chi connectivity index (χ0n) is 15.1. The molecule has 10 heteroatoms. The first kappa shape index (κ1) is 20.7. The second-order valence-electron chi connectivity index (χ2n) is 5.60. The van der Waals surface area contributed by atoms with Gasteiger partial charge in [-0.15, -0.1) is 0 Å². The van der Waals surface area contributed by atoms with Crippen LogP contribution in [0.15, 0.2) is 30.6 Å². The number of nitrogen functional groups attached to an aromatic ring is 1. The Bertz CT molecular complexity index is 735. The van der Waals surface area contributed by atoms with Crippen LogP contribution in [0.2, 0.25) is 0 Å². The summed E-state index contributed by atoms with van der Waals surface area (Å²) in [5.74, 6) is 0.489. The Morgan fingerprint density at radius 1 is 1.07 bits per heavy atom. The van der Waals surface area contributed by atoms with Crippen LogP contribution in [0.25, 0.3) is 0 Å². The molecule has 0 amide bonds. The number of methoxy groups -OCH3 is 2. The van der Waals surface area contributed by atoms with E-state index in [1.165, 1.54) is 24.5 Å². The first-order valence-corrected chi connectivity index (χ1v) is 8.15. The highest BCUT2D eigenvalue weighted by atomic mass is 19.4. The molecular formula is C17H22F3N5O2. The summed E-state index contributed by atoms with van der Waals surface area (Å²) < 4.78 is 49.8. The molecule has 1 aromatic heterocycles. The fourth-order valence-corrected chi connectivity index (χ4v) is 2.43. The molecule has 0 atom stereocenters. The largest absolute Gasteiger partial charge is 0.418 e. The van der Waals surface area contributed by atoms with E-state index in [4.69, 9.17) is 15.2 Å². The summed E-state index contributed by atoms with van der Waals surface area (Å²) in [5.41, 5.74) is 5.34. The van der Waals surface area contributed by atoms with Crippen molar-refractivity contribution >= 4 is 23.0 Å². The van der Waals surface area contributed by atoms with E-state index in [-0.39, 0.29) is 17.2 Å². The normalized spacial score (nSPS) is 11.4. The highest BCUT2D eigenvalue weighted by molar-refractivity contribution is 5.79. The Balaban J connectivity index is 2.34. The number of alkyl halides is 3. The van der Waals surface area contributed by atoms with Crippen LogP contribution in [0.1, 0.15) is 5.56 Å². The molecule has 0 fully saturated rings. The summed E-state index contributed by atoms with van der Waals surface area (Å²) in [5, 5.41) is 2.67. The van der Waals surface area contributed by atoms with Gasteiger partial charge in [-0.2, -0.15) is 13.2 Å². The highest BCUT2D eigenvalue weighted by Gasteiger charge is 2.33. The molecule has 3 N–H and O–H groups in total. The number of para-hydroxylation sites is 1. The van der Waals surface area contributed by atoms with Gasteiger partial charge >= 0.3 is 6.18 Å². The topological polar surface area (TPSA) is 85.5 Å². The maximum absolute atomic E-state index is 13.2. The summed E-state index contributed by atoms with van der Waals surface area (Å²) in [4.78, 5) is 10.00. The SMILES string of the molecule is COCCN(CCOC)c1ncnc(Nc2ccccc2C(F)(F)F)c1N. The monoisotopic (exact) mass is 385 g/mol. The number of hydrogen-bond donors (Lipinski definition) is 2. The van der Waals surface area contributed by atoms with Crippen LogP contribution in [0, 0.1) is 0 Å². The lowest BCUT2D eigenvalue weighted by Gasteiger charge is -2.25. The number of anilines is 4. The third-order valence-corrected chi connectivity index (χ3v) is 3.78. The molecule has 1 heterocycles. The van der Waals surface area contributed by atoms with E-state index in [1.807, 2.05) is 4.90 Å². The predicted octanol–water partition coefficient (Wildman–Crippen LogP) is 2.92. The van der Waals surface area contributed by atoms with E-state index < -0.39 is 11.7 Å². The number of aromatic nitrogens is 2. The van der Waals surface area contributed by atoms with Crippen molar-refractivity contribution in [2.45, 2.75) is 6.18 Å². The summed E-state index contributed by atoms with van der Waals surface area (Å²) in [6, 6.07) is 5.13. The van der Waals surface area contributed by atoms with Gasteiger partial charge in [-0.3, -0.25) is 0 Å². The van der Waals surface area contributed by atoms with Gasteiger partial charge in [0.1, 0.15) is 12.0 Å². The van der Waals surface area contributed by atoms with Gasteiger partial charge in [-0.1, -0.05) is 12.1 Å². The lowest BCUT2D eigenvalue weighted by atomic mass is 10.1. The van der Waals surface area contributed by atoms with Crippen LogP contribution < -0.4 is 16.0 Å². The molecule has 0 spiro atoms. The Morgan fingerprint density at radius 3 is 2.30 bits per heavy atom. The molecule has 0 aliphatic heterocycles. The van der Waals surface area contributed by atoms with Crippen LogP contribution >= 0.6 is 0 Å². The number of halogens is 3. The van der Waals surface area contributed by atoms with E-state index in [1.54, 1.807) is 14.2 Å². The minimum atomic E-state index is -4.50. The smallest absolute Gasteiger partial charge is 0.393 e. The van der Waals surface area contributed by atoms with E-state index >= 15 is 0 Å². The van der Waals surface area contributed by atoms with Crippen LogP contribution in [0.4, 0.5) is 36.2 Å². The molecule has 2 aromatic rings. The fourth-order valence-electron chi connectivity index (χ4n) is 2.43. The molecule has 0 saturated carbocycles. The summed E-state index contributed by atoms with van der Waals surface area (Å²) in [7, 11) is 3.14. The van der Waals surface area contributed by atoms with Gasteiger partial charge in [-0.05, 0) is 12.1 Å². The van der Waals surface area contributed by atoms with Gasteiger partial charge in [0.15, 0.2) is 11.6 Å². The zero-order valence-corrected chi connectivity index (χ0v) is 15.1. The van der Waals surface area contributed by atoms with Crippen molar-refractivity contribution in [1.82, 2.24) is 9.97 Å². The number of nitrogens with two attached hydrogens (primary N) is 1. The molecule has 0 aliphatic rings.